The summed E-state index contributed by atoms with van der Waals surface area (Å²) in [5.41, 5.74) is 7.30. The van der Waals surface area contributed by atoms with Gasteiger partial charge in [0.15, 0.2) is 11.5 Å². The van der Waals surface area contributed by atoms with Crippen LogP contribution in [-0.4, -0.2) is 30.3 Å². The molecule has 0 aromatic carbocycles. The molecule has 0 spiro atoms. The Bertz CT molecular complexity index is 776. The second-order valence-corrected chi connectivity index (χ2v) is 4.69. The van der Waals surface area contributed by atoms with Gasteiger partial charge in [0.1, 0.15) is 6.04 Å². The minimum Gasteiger partial charge on any atom is -0.347 e. The first-order valence-corrected chi connectivity index (χ1v) is 6.45. The van der Waals surface area contributed by atoms with Gasteiger partial charge in [-0.1, -0.05) is 6.07 Å². The van der Waals surface area contributed by atoms with Crippen LogP contribution >= 0.6 is 0 Å². The lowest BCUT2D eigenvalue weighted by Gasteiger charge is -2.09. The van der Waals surface area contributed by atoms with E-state index in [2.05, 4.69) is 20.6 Å². The van der Waals surface area contributed by atoms with Crippen molar-refractivity contribution in [3.63, 3.8) is 0 Å². The Hall–Kier alpha value is -2.74. The summed E-state index contributed by atoms with van der Waals surface area (Å²) in [5.74, 6) is 0.369. The maximum atomic E-state index is 12.1. The molecule has 3 rings (SSSR count). The van der Waals surface area contributed by atoms with Gasteiger partial charge in [-0.15, -0.1) is 10.2 Å². The van der Waals surface area contributed by atoms with Crippen molar-refractivity contribution in [3.05, 3.63) is 48.2 Å². The van der Waals surface area contributed by atoms with E-state index in [4.69, 9.17) is 5.73 Å². The number of fused-ring (bicyclic) bond motifs is 1. The van der Waals surface area contributed by atoms with Gasteiger partial charge in [-0.3, -0.25) is 13.9 Å². The van der Waals surface area contributed by atoms with Crippen molar-refractivity contribution in [2.75, 3.05) is 0 Å². The molecule has 0 aliphatic carbocycles. The number of pyridine rings is 1. The molecule has 108 valence electrons. The number of hydrogen-bond donors (Lipinski definition) is 2. The molecule has 0 aliphatic rings. The van der Waals surface area contributed by atoms with E-state index in [-0.39, 0.29) is 12.5 Å². The predicted octanol–water partition coefficient (Wildman–Crippen LogP) is -0.221. The fraction of sp³-hybridized carbons (Fsp3) is 0.231. The lowest BCUT2D eigenvalue weighted by molar-refractivity contribution is -0.122. The quantitative estimate of drug-likeness (QED) is 0.689. The molecule has 8 heteroatoms. The maximum Gasteiger partial charge on any atom is 0.242 e. The highest BCUT2D eigenvalue weighted by atomic mass is 16.2. The molecule has 0 radical (unpaired) electrons. The van der Waals surface area contributed by atoms with Crippen LogP contribution < -0.4 is 11.1 Å². The van der Waals surface area contributed by atoms with Gasteiger partial charge >= 0.3 is 0 Å². The molecule has 3 aromatic heterocycles. The highest BCUT2D eigenvalue weighted by molar-refractivity contribution is 5.82. The Labute approximate surface area is 120 Å². The molecule has 0 aliphatic heterocycles. The molecule has 21 heavy (non-hydrogen) atoms. The summed E-state index contributed by atoms with van der Waals surface area (Å²) in [6.45, 7) is 0.262. The van der Waals surface area contributed by atoms with Crippen molar-refractivity contribution < 1.29 is 4.79 Å². The Morgan fingerprint density at radius 2 is 2.29 bits per heavy atom. The minimum atomic E-state index is -0.752. The van der Waals surface area contributed by atoms with Crippen LogP contribution in [0.1, 0.15) is 17.4 Å². The van der Waals surface area contributed by atoms with Crippen LogP contribution in [0.15, 0.2) is 36.8 Å². The molecule has 3 aromatic rings. The van der Waals surface area contributed by atoms with Crippen molar-refractivity contribution in [3.8, 4) is 0 Å². The lowest BCUT2D eigenvalue weighted by atomic mass is 10.1. The lowest BCUT2D eigenvalue weighted by Crippen LogP contribution is -2.34. The highest BCUT2D eigenvalue weighted by Gasteiger charge is 2.17. The average Bonchev–Trinajstić information content (AvgIpc) is 3.10. The molecule has 1 amide bonds. The highest BCUT2D eigenvalue weighted by Crippen LogP contribution is 2.09. The van der Waals surface area contributed by atoms with Crippen LogP contribution in [0.3, 0.4) is 0 Å². The Kier molecular flexibility index (Phi) is 3.36. The monoisotopic (exact) mass is 285 g/mol. The van der Waals surface area contributed by atoms with Crippen molar-refractivity contribution in [1.82, 2.24) is 29.7 Å². The third-order valence-corrected chi connectivity index (χ3v) is 3.17. The zero-order valence-corrected chi connectivity index (χ0v) is 11.5. The summed E-state index contributed by atoms with van der Waals surface area (Å²) in [5, 5.41) is 14.8. The van der Waals surface area contributed by atoms with Crippen molar-refractivity contribution in [2.45, 2.75) is 12.6 Å². The van der Waals surface area contributed by atoms with Gasteiger partial charge in [-0.2, -0.15) is 5.10 Å². The number of nitrogens with two attached hydrogens (primary N) is 1. The summed E-state index contributed by atoms with van der Waals surface area (Å²) < 4.78 is 3.42. The molecule has 3 heterocycles. The SMILES string of the molecule is Cn1cc(C(N)C(=O)NCc2nnc3ccccn23)cn1. The first-order valence-electron chi connectivity index (χ1n) is 6.45. The first-order chi connectivity index (χ1) is 10.1. The Morgan fingerprint density at radius 1 is 1.43 bits per heavy atom. The Morgan fingerprint density at radius 3 is 3.05 bits per heavy atom. The predicted molar refractivity (Wildman–Crippen MR) is 75.0 cm³/mol. The third kappa shape index (κ3) is 2.61. The molecule has 0 saturated carbocycles. The topological polar surface area (TPSA) is 103 Å². The van der Waals surface area contributed by atoms with Crippen LogP contribution in [0.4, 0.5) is 0 Å². The zero-order valence-electron chi connectivity index (χ0n) is 11.5. The number of carbonyl (C=O) groups is 1. The van der Waals surface area contributed by atoms with Gasteiger partial charge in [0.2, 0.25) is 5.91 Å². The van der Waals surface area contributed by atoms with Gasteiger partial charge < -0.3 is 11.1 Å². The summed E-state index contributed by atoms with van der Waals surface area (Å²) in [6, 6.07) is 4.85. The number of carbonyl (C=O) groups excluding carboxylic acids is 1. The van der Waals surface area contributed by atoms with E-state index in [1.54, 1.807) is 24.1 Å². The van der Waals surface area contributed by atoms with Gasteiger partial charge in [-0.05, 0) is 12.1 Å². The molecule has 3 N–H and O–H groups in total. The number of rotatable bonds is 4. The fourth-order valence-corrected chi connectivity index (χ4v) is 2.04. The van der Waals surface area contributed by atoms with Gasteiger partial charge in [-0.25, -0.2) is 0 Å². The van der Waals surface area contributed by atoms with E-state index in [9.17, 15) is 4.79 Å². The van der Waals surface area contributed by atoms with Crippen LogP contribution in [0.2, 0.25) is 0 Å². The first kappa shape index (κ1) is 13.3. The normalized spacial score (nSPS) is 12.5. The smallest absolute Gasteiger partial charge is 0.242 e. The number of nitrogens with one attached hydrogen (secondary N) is 1. The van der Waals surface area contributed by atoms with Crippen LogP contribution in [0.5, 0.6) is 0 Å². The molecule has 0 bridgehead atoms. The molecule has 1 atom stereocenters. The van der Waals surface area contributed by atoms with E-state index < -0.39 is 6.04 Å². The fourth-order valence-electron chi connectivity index (χ4n) is 2.04. The van der Waals surface area contributed by atoms with E-state index in [1.807, 2.05) is 28.8 Å². The van der Waals surface area contributed by atoms with E-state index in [1.165, 1.54) is 0 Å². The number of nitrogens with zero attached hydrogens (tertiary/aromatic N) is 5. The number of amides is 1. The second-order valence-electron chi connectivity index (χ2n) is 4.69. The molecule has 8 nitrogen and oxygen atoms in total. The maximum absolute atomic E-state index is 12.1. The summed E-state index contributed by atoms with van der Waals surface area (Å²) >= 11 is 0. The molecular weight excluding hydrogens is 270 g/mol. The zero-order chi connectivity index (χ0) is 14.8. The molecular formula is C13H15N7O. The van der Waals surface area contributed by atoms with Crippen LogP contribution in [0, 0.1) is 0 Å². The van der Waals surface area contributed by atoms with E-state index >= 15 is 0 Å². The van der Waals surface area contributed by atoms with E-state index in [0.29, 0.717) is 11.4 Å². The molecule has 0 fully saturated rings. The van der Waals surface area contributed by atoms with Crippen LogP contribution in [-0.2, 0) is 18.4 Å². The largest absolute Gasteiger partial charge is 0.347 e. The van der Waals surface area contributed by atoms with Gasteiger partial charge in [0.25, 0.3) is 0 Å². The van der Waals surface area contributed by atoms with Crippen molar-refractivity contribution in [1.29, 1.82) is 0 Å². The van der Waals surface area contributed by atoms with Gasteiger partial charge in [0.05, 0.1) is 12.7 Å². The average molecular weight is 285 g/mol. The number of aryl methyl sites for hydroxylation is 1. The van der Waals surface area contributed by atoms with Gasteiger partial charge in [0, 0.05) is 25.0 Å². The summed E-state index contributed by atoms with van der Waals surface area (Å²) in [6.07, 6.45) is 5.14. The van der Waals surface area contributed by atoms with Crippen molar-refractivity contribution >= 4 is 11.6 Å². The summed E-state index contributed by atoms with van der Waals surface area (Å²) in [4.78, 5) is 12.1. The molecule has 0 saturated heterocycles. The number of aromatic nitrogens is 5. The summed E-state index contributed by atoms with van der Waals surface area (Å²) in [7, 11) is 1.77. The minimum absolute atomic E-state index is 0.262. The Balaban J connectivity index is 1.68. The van der Waals surface area contributed by atoms with Crippen molar-refractivity contribution in [2.24, 2.45) is 12.8 Å². The standard InChI is InChI=1S/C13H15N7O/c1-19-8-9(6-16-19)12(14)13(21)15-7-11-18-17-10-4-2-3-5-20(10)11/h2-6,8,12H,7,14H2,1H3,(H,15,21). The third-order valence-electron chi connectivity index (χ3n) is 3.17. The van der Waals surface area contributed by atoms with E-state index in [0.717, 1.165) is 5.65 Å². The number of hydrogen-bond acceptors (Lipinski definition) is 5. The molecule has 1 unspecified atom stereocenters. The second kappa shape index (κ2) is 5.33. The van der Waals surface area contributed by atoms with Crippen LogP contribution in [0.25, 0.3) is 5.65 Å².